The van der Waals surface area contributed by atoms with Crippen molar-refractivity contribution in [2.45, 2.75) is 283 Å². The van der Waals surface area contributed by atoms with Crippen molar-refractivity contribution in [3.05, 3.63) is 72.9 Å². The van der Waals surface area contributed by atoms with Crippen molar-refractivity contribution in [2.24, 2.45) is 0 Å². The van der Waals surface area contributed by atoms with Crippen molar-refractivity contribution >= 4 is 17.9 Å². The fraction of sp³-hybridized carbons (Fsp3) is 0.773. The summed E-state index contributed by atoms with van der Waals surface area (Å²) in [4.78, 5) is 37.2. The lowest BCUT2D eigenvalue weighted by Crippen LogP contribution is -2.44. The maximum atomic E-state index is 12.8. The quantitative estimate of drug-likeness (QED) is 0.0195. The topological polar surface area (TPSA) is 111 Å². The molecule has 0 aromatic carbocycles. The third kappa shape index (κ3) is 58.3. The number of hydrogen-bond acceptors (Lipinski definition) is 8. The highest BCUT2D eigenvalue weighted by Gasteiger charge is 2.22. The van der Waals surface area contributed by atoms with Crippen molar-refractivity contribution in [3.8, 4) is 0 Å². The molecule has 434 valence electrons. The van der Waals surface area contributed by atoms with E-state index in [1.165, 1.54) is 167 Å². The summed E-state index contributed by atoms with van der Waals surface area (Å²) >= 11 is 0. The Labute approximate surface area is 462 Å². The first kappa shape index (κ1) is 71.7. The molecule has 0 saturated carbocycles. The first-order valence-corrected chi connectivity index (χ1v) is 31.1. The summed E-state index contributed by atoms with van der Waals surface area (Å²) in [6.07, 6.45) is 71.3. The average Bonchev–Trinajstić information content (AvgIpc) is 3.38. The van der Waals surface area contributed by atoms with E-state index in [1.807, 2.05) is 21.1 Å². The van der Waals surface area contributed by atoms with Crippen LogP contribution in [0.5, 0.6) is 0 Å². The van der Waals surface area contributed by atoms with Gasteiger partial charge in [-0.1, -0.05) is 267 Å². The molecule has 0 heterocycles. The molecule has 2 unspecified atom stereocenters. The van der Waals surface area contributed by atoms with Crippen molar-refractivity contribution < 1.29 is 42.9 Å². The van der Waals surface area contributed by atoms with Crippen LogP contribution < -0.4 is 5.11 Å². The van der Waals surface area contributed by atoms with E-state index >= 15 is 0 Å². The zero-order chi connectivity index (χ0) is 54.8. The van der Waals surface area contributed by atoms with Crippen LogP contribution in [0, 0.1) is 0 Å². The maximum Gasteiger partial charge on any atom is 0.306 e. The zero-order valence-electron chi connectivity index (χ0n) is 49.4. The van der Waals surface area contributed by atoms with Crippen molar-refractivity contribution in [1.29, 1.82) is 0 Å². The first-order valence-electron chi connectivity index (χ1n) is 31.1. The van der Waals surface area contributed by atoms with Crippen molar-refractivity contribution in [2.75, 3.05) is 47.5 Å². The number of carbonyl (C=O) groups excluding carboxylic acids is 3. The second kappa shape index (κ2) is 56.9. The highest BCUT2D eigenvalue weighted by atomic mass is 16.7. The Balaban J connectivity index is 3.95. The Morgan fingerprint density at radius 3 is 1.13 bits per heavy atom. The van der Waals surface area contributed by atoms with E-state index < -0.39 is 24.3 Å². The van der Waals surface area contributed by atoms with E-state index in [4.69, 9.17) is 18.9 Å². The summed E-state index contributed by atoms with van der Waals surface area (Å²) in [5.41, 5.74) is 0. The summed E-state index contributed by atoms with van der Waals surface area (Å²) in [6.45, 7) is 4.64. The van der Waals surface area contributed by atoms with Gasteiger partial charge in [0.05, 0.1) is 40.3 Å². The Morgan fingerprint density at radius 1 is 0.413 bits per heavy atom. The summed E-state index contributed by atoms with van der Waals surface area (Å²) in [5.74, 6) is -2.27. The average molecular weight is 1050 g/mol. The normalized spacial score (nSPS) is 13.2. The van der Waals surface area contributed by atoms with Crippen molar-refractivity contribution in [3.63, 3.8) is 0 Å². The second-order valence-electron chi connectivity index (χ2n) is 22.0. The van der Waals surface area contributed by atoms with Crippen LogP contribution in [0.1, 0.15) is 271 Å². The molecule has 0 aromatic heterocycles. The minimum Gasteiger partial charge on any atom is -0.545 e. The van der Waals surface area contributed by atoms with Gasteiger partial charge in [-0.25, -0.2) is 0 Å². The SMILES string of the molecule is CC/C=C\C/C=C\C/C=C\C/C=C\C/C=C\C/C=C\CCCCCCCCCCCCCCCCCCCCCCC(=O)OC(COC(=O)CCCCCCCCCCCCC)COC(OCC[N+](C)(C)C)C(=O)[O-]. The van der Waals surface area contributed by atoms with E-state index in [1.54, 1.807) is 0 Å². The molecule has 0 radical (unpaired) electrons. The van der Waals surface area contributed by atoms with Crippen LogP contribution >= 0.6 is 0 Å². The zero-order valence-corrected chi connectivity index (χ0v) is 49.4. The summed E-state index contributed by atoms with van der Waals surface area (Å²) in [7, 11) is 5.92. The molecule has 0 N–H and O–H groups in total. The van der Waals surface area contributed by atoms with E-state index in [2.05, 4.69) is 86.8 Å². The van der Waals surface area contributed by atoms with Gasteiger partial charge in [0, 0.05) is 12.8 Å². The number of carbonyl (C=O) groups is 3. The molecule has 75 heavy (non-hydrogen) atoms. The number of aliphatic carboxylic acids is 1. The number of esters is 2. The standard InChI is InChI=1S/C66H117NO8/c1-6-8-10-12-14-16-18-19-20-21-22-23-24-25-26-27-28-29-30-31-32-33-34-35-36-37-38-39-40-41-42-43-44-45-47-49-51-53-55-57-64(69)75-62(61-74-66(65(70)71)72-59-58-67(3,4)5)60-73-63(68)56-54-52-50-48-46-17-15-13-11-9-7-2/h8,10,14,16,19-20,22-23,25-26,28-29,62,66H,6-7,9,11-13,15,17-18,21,24,27,30-61H2,1-5H3/b10-8-,16-14-,20-19-,23-22-,26-25-,29-28-. The van der Waals surface area contributed by atoms with Crippen LogP contribution in [0.4, 0.5) is 0 Å². The van der Waals surface area contributed by atoms with Crippen LogP contribution in [0.3, 0.4) is 0 Å². The van der Waals surface area contributed by atoms with Crippen LogP contribution in [0.2, 0.25) is 0 Å². The molecule has 0 aromatic rings. The van der Waals surface area contributed by atoms with Gasteiger partial charge in [0.25, 0.3) is 0 Å². The number of ether oxygens (including phenoxy) is 4. The third-order valence-corrected chi connectivity index (χ3v) is 13.5. The molecule has 0 aliphatic carbocycles. The Hall–Kier alpha value is -3.27. The van der Waals surface area contributed by atoms with Gasteiger partial charge in [-0.05, 0) is 64.2 Å². The molecule has 0 fully saturated rings. The lowest BCUT2D eigenvalue weighted by Gasteiger charge is -2.26. The molecule has 9 heteroatoms. The molecule has 0 saturated heterocycles. The molecule has 0 amide bonds. The van der Waals surface area contributed by atoms with Crippen LogP contribution in [-0.2, 0) is 33.3 Å². The third-order valence-electron chi connectivity index (χ3n) is 13.5. The van der Waals surface area contributed by atoms with Crippen LogP contribution in [0.25, 0.3) is 0 Å². The molecule has 0 rings (SSSR count). The monoisotopic (exact) mass is 1050 g/mol. The van der Waals surface area contributed by atoms with Gasteiger partial charge in [0.1, 0.15) is 13.2 Å². The number of likely N-dealkylation sites (N-methyl/N-ethyl adjacent to an activating group) is 1. The van der Waals surface area contributed by atoms with Gasteiger partial charge >= 0.3 is 11.9 Å². The Kier molecular flexibility index (Phi) is 54.4. The predicted molar refractivity (Wildman–Crippen MR) is 315 cm³/mol. The fourth-order valence-corrected chi connectivity index (χ4v) is 8.72. The molecule has 9 nitrogen and oxygen atoms in total. The number of carboxylic acid groups (broad SMARTS) is 1. The number of nitrogens with zero attached hydrogens (tertiary/aromatic N) is 1. The fourth-order valence-electron chi connectivity index (χ4n) is 8.72. The second-order valence-corrected chi connectivity index (χ2v) is 22.0. The molecular formula is C66H117NO8. The van der Waals surface area contributed by atoms with Gasteiger partial charge in [-0.2, -0.15) is 0 Å². The molecule has 2 atom stereocenters. The lowest BCUT2D eigenvalue weighted by molar-refractivity contribution is -0.870. The molecule has 0 bridgehead atoms. The van der Waals surface area contributed by atoms with Gasteiger partial charge in [0.15, 0.2) is 12.4 Å². The number of allylic oxidation sites excluding steroid dienone is 12. The van der Waals surface area contributed by atoms with Gasteiger partial charge in [0.2, 0.25) is 0 Å². The number of hydrogen-bond donors (Lipinski definition) is 0. The highest BCUT2D eigenvalue weighted by Crippen LogP contribution is 2.17. The summed E-state index contributed by atoms with van der Waals surface area (Å²) < 4.78 is 22.7. The van der Waals surface area contributed by atoms with E-state index in [9.17, 15) is 19.5 Å². The maximum absolute atomic E-state index is 12.8. The summed E-state index contributed by atoms with van der Waals surface area (Å²) in [6, 6.07) is 0. The van der Waals surface area contributed by atoms with Gasteiger partial charge in [-0.15, -0.1) is 0 Å². The lowest BCUT2D eigenvalue weighted by atomic mass is 10.0. The van der Waals surface area contributed by atoms with E-state index in [0.29, 0.717) is 23.9 Å². The first-order chi connectivity index (χ1) is 36.6. The molecule has 0 aliphatic heterocycles. The molecular weight excluding hydrogens is 935 g/mol. The molecule has 0 aliphatic rings. The van der Waals surface area contributed by atoms with E-state index in [0.717, 1.165) is 70.6 Å². The number of carboxylic acids is 1. The predicted octanol–water partition coefficient (Wildman–Crippen LogP) is 17.2. The number of rotatable bonds is 57. The Morgan fingerprint density at radius 2 is 0.760 bits per heavy atom. The van der Waals surface area contributed by atoms with Crippen LogP contribution in [0.15, 0.2) is 72.9 Å². The van der Waals surface area contributed by atoms with E-state index in [-0.39, 0.29) is 32.2 Å². The van der Waals surface area contributed by atoms with Crippen LogP contribution in [-0.4, -0.2) is 82.3 Å². The number of quaternary nitrogens is 1. The molecule has 0 spiro atoms. The minimum atomic E-state index is -1.62. The van der Waals surface area contributed by atoms with Gasteiger partial charge in [-0.3, -0.25) is 9.59 Å². The number of unbranched alkanes of at least 4 members (excludes halogenated alkanes) is 30. The minimum absolute atomic E-state index is 0.149. The van der Waals surface area contributed by atoms with Gasteiger partial charge < -0.3 is 33.3 Å². The highest BCUT2D eigenvalue weighted by molar-refractivity contribution is 5.70. The summed E-state index contributed by atoms with van der Waals surface area (Å²) in [5, 5.41) is 11.7. The largest absolute Gasteiger partial charge is 0.545 e. The smallest absolute Gasteiger partial charge is 0.306 e. The van der Waals surface area contributed by atoms with Crippen molar-refractivity contribution in [1.82, 2.24) is 0 Å². The Bertz CT molecular complexity index is 1460.